The minimum absolute atomic E-state index is 0.641. The summed E-state index contributed by atoms with van der Waals surface area (Å²) in [6.45, 7) is 4.30. The molecule has 1 aromatic carbocycles. The summed E-state index contributed by atoms with van der Waals surface area (Å²) in [4.78, 5) is 0. The Morgan fingerprint density at radius 3 is 3.15 bits per heavy atom. The Morgan fingerprint density at radius 2 is 2.38 bits per heavy atom. The fraction of sp³-hybridized carbons (Fsp3) is 0.455. The number of nitrogens with one attached hydrogen (secondary N) is 1. The summed E-state index contributed by atoms with van der Waals surface area (Å²) in [5, 5.41) is 4.28. The van der Waals surface area contributed by atoms with Crippen LogP contribution in [0.15, 0.2) is 18.2 Å². The second-order valence-electron chi connectivity index (χ2n) is 3.58. The van der Waals surface area contributed by atoms with Crippen molar-refractivity contribution in [3.8, 4) is 0 Å². The van der Waals surface area contributed by atoms with Gasteiger partial charge in [0.2, 0.25) is 0 Å². The predicted molar refractivity (Wildman–Crippen MR) is 56.2 cm³/mol. The highest BCUT2D eigenvalue weighted by Crippen LogP contribution is 2.28. The highest BCUT2D eigenvalue weighted by atomic mass is 35.5. The first kappa shape index (κ1) is 9.04. The molecule has 0 aromatic heterocycles. The first-order valence-electron chi connectivity index (χ1n) is 4.80. The van der Waals surface area contributed by atoms with Gasteiger partial charge in [0.1, 0.15) is 0 Å². The molecule has 0 fully saturated rings. The normalized spacial score (nSPS) is 21.2. The van der Waals surface area contributed by atoms with E-state index in [2.05, 4.69) is 24.4 Å². The smallest absolute Gasteiger partial charge is 0.0409 e. The second-order valence-corrected chi connectivity index (χ2v) is 4.02. The molecular weight excluding hydrogens is 182 g/mol. The molecule has 1 aliphatic heterocycles. The van der Waals surface area contributed by atoms with Crippen molar-refractivity contribution >= 4 is 11.6 Å². The van der Waals surface area contributed by atoms with Gasteiger partial charge in [0.05, 0.1) is 0 Å². The van der Waals surface area contributed by atoms with E-state index in [1.807, 2.05) is 6.07 Å². The van der Waals surface area contributed by atoms with Crippen LogP contribution in [-0.4, -0.2) is 6.54 Å². The van der Waals surface area contributed by atoms with Gasteiger partial charge >= 0.3 is 0 Å². The fourth-order valence-electron chi connectivity index (χ4n) is 1.96. The van der Waals surface area contributed by atoms with Crippen LogP contribution < -0.4 is 5.32 Å². The molecule has 13 heavy (non-hydrogen) atoms. The van der Waals surface area contributed by atoms with Crippen LogP contribution in [0.3, 0.4) is 0 Å². The summed E-state index contributed by atoms with van der Waals surface area (Å²) in [5.74, 6) is 0.641. The van der Waals surface area contributed by atoms with Crippen LogP contribution in [0.5, 0.6) is 0 Å². The van der Waals surface area contributed by atoms with Crippen molar-refractivity contribution in [2.45, 2.75) is 25.8 Å². The van der Waals surface area contributed by atoms with Gasteiger partial charge in [-0.15, -0.1) is 0 Å². The molecule has 1 heterocycles. The second kappa shape index (κ2) is 3.69. The Hall–Kier alpha value is -0.530. The van der Waals surface area contributed by atoms with Crippen LogP contribution in [0, 0.1) is 0 Å². The Kier molecular flexibility index (Phi) is 2.56. The van der Waals surface area contributed by atoms with Crippen molar-refractivity contribution in [3.05, 3.63) is 34.3 Å². The molecule has 0 radical (unpaired) electrons. The molecule has 1 aliphatic rings. The van der Waals surface area contributed by atoms with Crippen LogP contribution in [-0.2, 0) is 6.54 Å². The standard InChI is InChI=1S/C11H14ClN/c1-2-8-6-13-7-9-3-4-10(12)5-11(8)9/h3-5,8,13H,2,6-7H2,1H3/t8-/m1/s1. The largest absolute Gasteiger partial charge is 0.312 e. The summed E-state index contributed by atoms with van der Waals surface area (Å²) >= 11 is 5.98. The van der Waals surface area contributed by atoms with E-state index in [1.165, 1.54) is 17.5 Å². The highest BCUT2D eigenvalue weighted by Gasteiger charge is 2.17. The topological polar surface area (TPSA) is 12.0 Å². The third kappa shape index (κ3) is 1.72. The molecule has 0 aliphatic carbocycles. The Labute approximate surface area is 84.1 Å². The minimum atomic E-state index is 0.641. The first-order valence-corrected chi connectivity index (χ1v) is 5.18. The summed E-state index contributed by atoms with van der Waals surface area (Å²) in [5.41, 5.74) is 2.84. The molecule has 0 bridgehead atoms. The van der Waals surface area contributed by atoms with Gasteiger partial charge in [0.15, 0.2) is 0 Å². The van der Waals surface area contributed by atoms with Crippen LogP contribution in [0.2, 0.25) is 5.02 Å². The van der Waals surface area contributed by atoms with Gasteiger partial charge in [0.25, 0.3) is 0 Å². The lowest BCUT2D eigenvalue weighted by Gasteiger charge is -2.25. The summed E-state index contributed by atoms with van der Waals surface area (Å²) in [6.07, 6.45) is 1.18. The molecule has 1 nitrogen and oxygen atoms in total. The predicted octanol–water partition coefficient (Wildman–Crippen LogP) is 2.94. The van der Waals surface area contributed by atoms with Gasteiger partial charge in [-0.05, 0) is 35.6 Å². The van der Waals surface area contributed by atoms with Crippen molar-refractivity contribution in [3.63, 3.8) is 0 Å². The monoisotopic (exact) mass is 195 g/mol. The van der Waals surface area contributed by atoms with E-state index in [0.717, 1.165) is 18.1 Å². The molecule has 1 atom stereocenters. The molecule has 0 spiro atoms. The average molecular weight is 196 g/mol. The molecular formula is C11H14ClN. The molecule has 0 unspecified atom stereocenters. The van der Waals surface area contributed by atoms with Crippen LogP contribution in [0.4, 0.5) is 0 Å². The molecule has 2 rings (SSSR count). The number of rotatable bonds is 1. The van der Waals surface area contributed by atoms with Gasteiger partial charge < -0.3 is 5.32 Å². The van der Waals surface area contributed by atoms with Gasteiger partial charge in [-0.2, -0.15) is 0 Å². The van der Waals surface area contributed by atoms with E-state index < -0.39 is 0 Å². The van der Waals surface area contributed by atoms with Gasteiger partial charge in [-0.1, -0.05) is 24.6 Å². The van der Waals surface area contributed by atoms with Crippen molar-refractivity contribution in [1.29, 1.82) is 0 Å². The van der Waals surface area contributed by atoms with Gasteiger partial charge in [-0.25, -0.2) is 0 Å². The van der Waals surface area contributed by atoms with E-state index in [4.69, 9.17) is 11.6 Å². The lowest BCUT2D eigenvalue weighted by atomic mass is 9.89. The van der Waals surface area contributed by atoms with E-state index in [-0.39, 0.29) is 0 Å². The zero-order valence-electron chi connectivity index (χ0n) is 7.81. The molecule has 70 valence electrons. The zero-order chi connectivity index (χ0) is 9.26. The minimum Gasteiger partial charge on any atom is -0.312 e. The molecule has 2 heteroatoms. The molecule has 0 saturated carbocycles. The van der Waals surface area contributed by atoms with E-state index >= 15 is 0 Å². The summed E-state index contributed by atoms with van der Waals surface area (Å²) < 4.78 is 0. The third-order valence-corrected chi connectivity index (χ3v) is 2.98. The number of fused-ring (bicyclic) bond motifs is 1. The van der Waals surface area contributed by atoms with E-state index in [0.29, 0.717) is 5.92 Å². The molecule has 0 amide bonds. The van der Waals surface area contributed by atoms with Crippen molar-refractivity contribution < 1.29 is 0 Å². The van der Waals surface area contributed by atoms with Gasteiger partial charge in [-0.3, -0.25) is 0 Å². The lowest BCUT2D eigenvalue weighted by molar-refractivity contribution is 0.530. The van der Waals surface area contributed by atoms with Crippen molar-refractivity contribution in [2.75, 3.05) is 6.54 Å². The lowest BCUT2D eigenvalue weighted by Crippen LogP contribution is -2.27. The van der Waals surface area contributed by atoms with Gasteiger partial charge in [0, 0.05) is 18.1 Å². The van der Waals surface area contributed by atoms with E-state index in [1.54, 1.807) is 0 Å². The summed E-state index contributed by atoms with van der Waals surface area (Å²) in [6, 6.07) is 6.22. The van der Waals surface area contributed by atoms with Crippen LogP contribution in [0.25, 0.3) is 0 Å². The highest BCUT2D eigenvalue weighted by molar-refractivity contribution is 6.30. The Bertz CT molecular complexity index is 309. The molecule has 1 aromatic rings. The van der Waals surface area contributed by atoms with Crippen molar-refractivity contribution in [1.82, 2.24) is 5.32 Å². The number of hydrogen-bond donors (Lipinski definition) is 1. The average Bonchev–Trinajstić information content (AvgIpc) is 2.17. The zero-order valence-corrected chi connectivity index (χ0v) is 8.56. The molecule has 0 saturated heterocycles. The van der Waals surface area contributed by atoms with E-state index in [9.17, 15) is 0 Å². The summed E-state index contributed by atoms with van der Waals surface area (Å²) in [7, 11) is 0. The quantitative estimate of drug-likeness (QED) is 0.727. The SMILES string of the molecule is CC[C@@H]1CNCc2ccc(Cl)cc21. The van der Waals surface area contributed by atoms with Crippen molar-refractivity contribution in [2.24, 2.45) is 0 Å². The third-order valence-electron chi connectivity index (χ3n) is 2.75. The number of halogens is 1. The molecule has 1 N–H and O–H groups in total. The number of hydrogen-bond acceptors (Lipinski definition) is 1. The Balaban J connectivity index is 2.41. The Morgan fingerprint density at radius 1 is 1.54 bits per heavy atom. The number of benzene rings is 1. The maximum absolute atomic E-state index is 5.98. The maximum atomic E-state index is 5.98. The first-order chi connectivity index (χ1) is 6.31. The maximum Gasteiger partial charge on any atom is 0.0409 e. The fourth-order valence-corrected chi connectivity index (χ4v) is 2.14. The van der Waals surface area contributed by atoms with Crippen LogP contribution in [0.1, 0.15) is 30.4 Å². The van der Waals surface area contributed by atoms with Crippen LogP contribution >= 0.6 is 11.6 Å².